The first-order valence-electron chi connectivity index (χ1n) is 6.03. The molecule has 1 heterocycles. The Labute approximate surface area is 106 Å². The number of ether oxygens (including phenoxy) is 2. The van der Waals surface area contributed by atoms with Gasteiger partial charge in [-0.1, -0.05) is 6.92 Å². The lowest BCUT2D eigenvalue weighted by Crippen LogP contribution is -2.60. The number of likely N-dealkylation sites (N-methyl/N-ethyl adjacent to an activating group) is 1. The van der Waals surface area contributed by atoms with Gasteiger partial charge in [-0.3, -0.25) is 4.79 Å². The Balaban J connectivity index is 3.20. The third-order valence-corrected chi connectivity index (χ3v) is 3.27. The van der Waals surface area contributed by atoms with Crippen LogP contribution >= 0.6 is 0 Å². The van der Waals surface area contributed by atoms with Gasteiger partial charge in [-0.2, -0.15) is 0 Å². The van der Waals surface area contributed by atoms with Gasteiger partial charge in [0.1, 0.15) is 0 Å². The maximum Gasteiger partial charge on any atom is 0.344 e. The van der Waals surface area contributed by atoms with E-state index in [0.29, 0.717) is 0 Å². The highest BCUT2D eigenvalue weighted by atomic mass is 16.6. The highest BCUT2D eigenvalue weighted by Crippen LogP contribution is 2.37. The summed E-state index contributed by atoms with van der Waals surface area (Å²) in [6, 6.07) is 0. The fourth-order valence-corrected chi connectivity index (χ4v) is 2.32. The minimum Gasteiger partial charge on any atom is -0.464 e. The highest BCUT2D eigenvalue weighted by Gasteiger charge is 2.62. The van der Waals surface area contributed by atoms with Crippen molar-refractivity contribution in [1.29, 1.82) is 0 Å². The van der Waals surface area contributed by atoms with Gasteiger partial charge < -0.3 is 14.4 Å². The monoisotopic (exact) mass is 257 g/mol. The topological polar surface area (TPSA) is 72.9 Å². The maximum atomic E-state index is 12.1. The number of esters is 2. The molecule has 0 saturated carbocycles. The zero-order valence-corrected chi connectivity index (χ0v) is 11.2. The number of nitrogens with zero attached hydrogens (tertiary/aromatic N) is 1. The molecule has 0 aromatic rings. The zero-order chi connectivity index (χ0) is 13.9. The molecule has 6 nitrogen and oxygen atoms in total. The van der Waals surface area contributed by atoms with Crippen LogP contribution in [0.1, 0.15) is 27.2 Å². The van der Waals surface area contributed by atoms with Gasteiger partial charge in [-0.05, 0) is 13.8 Å². The number of rotatable bonds is 4. The van der Waals surface area contributed by atoms with Crippen LogP contribution in [0.15, 0.2) is 0 Å². The molecule has 1 unspecified atom stereocenters. The molecule has 0 N–H and O–H groups in total. The van der Waals surface area contributed by atoms with Gasteiger partial charge in [0.2, 0.25) is 11.4 Å². The van der Waals surface area contributed by atoms with Crippen molar-refractivity contribution in [2.24, 2.45) is 5.92 Å². The fourth-order valence-electron chi connectivity index (χ4n) is 2.32. The van der Waals surface area contributed by atoms with Crippen LogP contribution in [0, 0.1) is 5.92 Å². The molecular weight excluding hydrogens is 238 g/mol. The van der Waals surface area contributed by atoms with Crippen LogP contribution in [0.2, 0.25) is 0 Å². The van der Waals surface area contributed by atoms with E-state index in [1.54, 1.807) is 20.8 Å². The van der Waals surface area contributed by atoms with Gasteiger partial charge in [-0.15, -0.1) is 0 Å². The van der Waals surface area contributed by atoms with Crippen molar-refractivity contribution in [3.63, 3.8) is 0 Å². The molecule has 1 aliphatic rings. The molecule has 6 heteroatoms. The van der Waals surface area contributed by atoms with Gasteiger partial charge in [0.05, 0.1) is 13.2 Å². The summed E-state index contributed by atoms with van der Waals surface area (Å²) in [5, 5.41) is 0. The SMILES string of the molecule is CCOC(=O)C1(C(=O)OCC)C(C)CC(=O)N1C. The van der Waals surface area contributed by atoms with E-state index in [9.17, 15) is 14.4 Å². The first-order valence-corrected chi connectivity index (χ1v) is 6.03. The van der Waals surface area contributed by atoms with Crippen LogP contribution in [0.4, 0.5) is 0 Å². The summed E-state index contributed by atoms with van der Waals surface area (Å²) in [4.78, 5) is 37.1. The van der Waals surface area contributed by atoms with E-state index in [2.05, 4.69) is 0 Å². The highest BCUT2D eigenvalue weighted by molar-refractivity contribution is 6.10. The number of likely N-dealkylation sites (tertiary alicyclic amines) is 1. The molecule has 1 rings (SSSR count). The third-order valence-electron chi connectivity index (χ3n) is 3.27. The zero-order valence-electron chi connectivity index (χ0n) is 11.2. The Morgan fingerprint density at radius 1 is 1.28 bits per heavy atom. The number of amides is 1. The molecule has 1 aliphatic heterocycles. The molecular formula is C12H19NO5. The maximum absolute atomic E-state index is 12.1. The molecule has 1 fully saturated rings. The average molecular weight is 257 g/mol. The van der Waals surface area contributed by atoms with Gasteiger partial charge in [0.25, 0.3) is 0 Å². The lowest BCUT2D eigenvalue weighted by atomic mass is 9.86. The Morgan fingerprint density at radius 2 is 1.72 bits per heavy atom. The van der Waals surface area contributed by atoms with E-state index in [1.165, 1.54) is 7.05 Å². The lowest BCUT2D eigenvalue weighted by molar-refractivity contribution is -0.176. The molecule has 18 heavy (non-hydrogen) atoms. The Hall–Kier alpha value is -1.59. The second kappa shape index (κ2) is 5.37. The smallest absolute Gasteiger partial charge is 0.344 e. The van der Waals surface area contributed by atoms with Crippen molar-refractivity contribution < 1.29 is 23.9 Å². The minimum absolute atomic E-state index is 0.133. The minimum atomic E-state index is -1.64. The van der Waals surface area contributed by atoms with Crippen LogP contribution in [-0.2, 0) is 23.9 Å². The number of hydrogen-bond acceptors (Lipinski definition) is 5. The summed E-state index contributed by atoms with van der Waals surface area (Å²) in [5.74, 6) is -2.16. The first kappa shape index (κ1) is 14.5. The van der Waals surface area contributed by atoms with E-state index in [-0.39, 0.29) is 25.5 Å². The van der Waals surface area contributed by atoms with Crippen molar-refractivity contribution >= 4 is 17.8 Å². The average Bonchev–Trinajstić information content (AvgIpc) is 2.51. The van der Waals surface area contributed by atoms with Crippen molar-refractivity contribution in [1.82, 2.24) is 4.90 Å². The second-order valence-electron chi connectivity index (χ2n) is 4.27. The van der Waals surface area contributed by atoms with E-state index in [4.69, 9.17) is 9.47 Å². The predicted octanol–water partition coefficient (Wildman–Crippen LogP) is 0.350. The molecule has 0 bridgehead atoms. The summed E-state index contributed by atoms with van der Waals surface area (Å²) in [5.41, 5.74) is -1.64. The van der Waals surface area contributed by atoms with E-state index in [0.717, 1.165) is 4.90 Å². The van der Waals surface area contributed by atoms with Gasteiger partial charge in [0, 0.05) is 19.4 Å². The standard InChI is InChI=1S/C12H19NO5/c1-5-17-10(15)12(11(16)18-6-2)8(3)7-9(14)13(12)4/h8H,5-7H2,1-4H3. The molecule has 1 saturated heterocycles. The van der Waals surface area contributed by atoms with E-state index < -0.39 is 23.4 Å². The molecule has 0 aliphatic carbocycles. The molecule has 1 amide bonds. The molecule has 0 aromatic heterocycles. The van der Waals surface area contributed by atoms with Crippen LogP contribution in [0.3, 0.4) is 0 Å². The molecule has 102 valence electrons. The van der Waals surface area contributed by atoms with E-state index in [1.807, 2.05) is 0 Å². The fraction of sp³-hybridized carbons (Fsp3) is 0.750. The quantitative estimate of drug-likeness (QED) is 0.536. The Kier molecular flexibility index (Phi) is 4.32. The van der Waals surface area contributed by atoms with Crippen LogP contribution < -0.4 is 0 Å². The number of carbonyl (C=O) groups is 3. The Bertz CT molecular complexity index is 347. The van der Waals surface area contributed by atoms with Gasteiger partial charge in [-0.25, -0.2) is 9.59 Å². The normalized spacial score (nSPS) is 21.9. The van der Waals surface area contributed by atoms with Gasteiger partial charge in [0.15, 0.2) is 0 Å². The van der Waals surface area contributed by atoms with E-state index >= 15 is 0 Å². The third kappa shape index (κ3) is 1.95. The predicted molar refractivity (Wildman–Crippen MR) is 62.5 cm³/mol. The molecule has 0 aromatic carbocycles. The molecule has 1 atom stereocenters. The summed E-state index contributed by atoms with van der Waals surface area (Å²) < 4.78 is 9.90. The lowest BCUT2D eigenvalue weighted by Gasteiger charge is -2.33. The summed E-state index contributed by atoms with van der Waals surface area (Å²) in [6.07, 6.45) is 0.133. The molecule has 0 radical (unpaired) electrons. The van der Waals surface area contributed by atoms with Crippen molar-refractivity contribution in [3.05, 3.63) is 0 Å². The van der Waals surface area contributed by atoms with Crippen molar-refractivity contribution in [3.8, 4) is 0 Å². The number of carbonyl (C=O) groups excluding carboxylic acids is 3. The Morgan fingerprint density at radius 3 is 2.00 bits per heavy atom. The summed E-state index contributed by atoms with van der Waals surface area (Å²) in [7, 11) is 1.43. The molecule has 0 spiro atoms. The van der Waals surface area contributed by atoms with Gasteiger partial charge >= 0.3 is 11.9 Å². The first-order chi connectivity index (χ1) is 8.42. The summed E-state index contributed by atoms with van der Waals surface area (Å²) in [6.45, 7) is 5.27. The van der Waals surface area contributed by atoms with Crippen LogP contribution in [0.5, 0.6) is 0 Å². The van der Waals surface area contributed by atoms with Crippen molar-refractivity contribution in [2.45, 2.75) is 32.7 Å². The number of hydrogen-bond donors (Lipinski definition) is 0. The summed E-state index contributed by atoms with van der Waals surface area (Å²) >= 11 is 0. The largest absolute Gasteiger partial charge is 0.464 e. The second-order valence-corrected chi connectivity index (χ2v) is 4.27. The van der Waals surface area contributed by atoms with Crippen molar-refractivity contribution in [2.75, 3.05) is 20.3 Å². The van der Waals surface area contributed by atoms with Crippen LogP contribution in [-0.4, -0.2) is 48.5 Å². The van der Waals surface area contributed by atoms with Crippen LogP contribution in [0.25, 0.3) is 0 Å².